The predicted molar refractivity (Wildman–Crippen MR) is 60.5 cm³/mol. The van der Waals surface area contributed by atoms with E-state index in [1.54, 1.807) is 7.11 Å². The summed E-state index contributed by atoms with van der Waals surface area (Å²) in [6, 6.07) is 13.0. The van der Waals surface area contributed by atoms with E-state index in [-0.39, 0.29) is 0 Å². The zero-order valence-corrected chi connectivity index (χ0v) is 8.91. The molecule has 2 nitrogen and oxygen atoms in total. The van der Waals surface area contributed by atoms with Crippen molar-refractivity contribution < 1.29 is 9.47 Å². The van der Waals surface area contributed by atoms with E-state index in [4.69, 9.17) is 9.47 Å². The molecule has 0 heterocycles. The summed E-state index contributed by atoms with van der Waals surface area (Å²) in [6.45, 7) is 2.58. The van der Waals surface area contributed by atoms with Gasteiger partial charge in [0.2, 0.25) is 0 Å². The van der Waals surface area contributed by atoms with Crippen molar-refractivity contribution in [1.29, 1.82) is 0 Å². The molecule has 2 aromatic carbocycles. The van der Waals surface area contributed by atoms with Crippen LogP contribution in [-0.4, -0.2) is 13.7 Å². The molecule has 0 atom stereocenters. The van der Waals surface area contributed by atoms with E-state index in [2.05, 4.69) is 6.07 Å². The minimum atomic E-state index is 0.628. The van der Waals surface area contributed by atoms with Crippen molar-refractivity contribution >= 4 is 10.8 Å². The van der Waals surface area contributed by atoms with Gasteiger partial charge in [-0.2, -0.15) is 0 Å². The van der Waals surface area contributed by atoms with Gasteiger partial charge in [-0.1, -0.05) is 24.3 Å². The molecule has 1 radical (unpaired) electrons. The number of hydrogen-bond acceptors (Lipinski definition) is 2. The van der Waals surface area contributed by atoms with Crippen LogP contribution < -0.4 is 9.47 Å². The fraction of sp³-hybridized carbons (Fsp3) is 0.231. The van der Waals surface area contributed by atoms with Gasteiger partial charge in [-0.3, -0.25) is 0 Å². The van der Waals surface area contributed by atoms with Gasteiger partial charge in [0.25, 0.3) is 0 Å². The van der Waals surface area contributed by atoms with Gasteiger partial charge in [0.1, 0.15) is 0 Å². The second kappa shape index (κ2) is 4.22. The summed E-state index contributed by atoms with van der Waals surface area (Å²) in [6.07, 6.45) is 0. The molecule has 0 fully saturated rings. The highest BCUT2D eigenvalue weighted by molar-refractivity contribution is 5.90. The Morgan fingerprint density at radius 1 is 1.27 bits per heavy atom. The minimum absolute atomic E-state index is 0.628. The van der Waals surface area contributed by atoms with E-state index < -0.39 is 0 Å². The summed E-state index contributed by atoms with van der Waals surface area (Å²) in [5.74, 6) is 1.53. The zero-order chi connectivity index (χ0) is 10.7. The van der Waals surface area contributed by atoms with Crippen molar-refractivity contribution in [3.05, 3.63) is 36.4 Å². The van der Waals surface area contributed by atoms with Crippen LogP contribution in [0.1, 0.15) is 6.92 Å². The van der Waals surface area contributed by atoms with Crippen LogP contribution in [0.5, 0.6) is 11.5 Å². The van der Waals surface area contributed by atoms with Crippen LogP contribution in [0.2, 0.25) is 0 Å². The molecule has 0 N–H and O–H groups in total. The Morgan fingerprint density at radius 2 is 2.07 bits per heavy atom. The molecule has 0 saturated heterocycles. The largest absolute Gasteiger partial charge is 0.492 e. The number of rotatable bonds is 3. The first-order chi connectivity index (χ1) is 7.36. The average Bonchev–Trinajstić information content (AvgIpc) is 2.29. The molecule has 0 amide bonds. The normalized spacial score (nSPS) is 10.3. The van der Waals surface area contributed by atoms with Crippen molar-refractivity contribution in [1.82, 2.24) is 0 Å². The van der Waals surface area contributed by atoms with Crippen LogP contribution in [0.4, 0.5) is 0 Å². The highest BCUT2D eigenvalue weighted by atomic mass is 16.5. The van der Waals surface area contributed by atoms with Gasteiger partial charge in [-0.25, -0.2) is 0 Å². The number of ether oxygens (including phenoxy) is 2. The first-order valence-corrected chi connectivity index (χ1v) is 4.97. The van der Waals surface area contributed by atoms with Crippen molar-refractivity contribution in [2.75, 3.05) is 13.7 Å². The summed E-state index contributed by atoms with van der Waals surface area (Å²) >= 11 is 0. The molecular formula is C13H13O2. The molecule has 0 aliphatic heterocycles. The standard InChI is InChI=1S/C13H13O2/c1-3-15-12-9-8-10-6-4-5-7-11(10)13(12)14-2/h4-7,9H,3H2,1-2H3. The lowest BCUT2D eigenvalue weighted by molar-refractivity contribution is 0.313. The van der Waals surface area contributed by atoms with Crippen molar-refractivity contribution in [3.63, 3.8) is 0 Å². The van der Waals surface area contributed by atoms with Gasteiger partial charge in [0, 0.05) is 5.39 Å². The Labute approximate surface area is 89.4 Å². The molecule has 77 valence electrons. The Hall–Kier alpha value is -1.70. The molecule has 0 bridgehead atoms. The number of benzene rings is 2. The monoisotopic (exact) mass is 201 g/mol. The Bertz CT molecular complexity index is 463. The number of fused-ring (bicyclic) bond motifs is 1. The molecular weight excluding hydrogens is 188 g/mol. The molecule has 15 heavy (non-hydrogen) atoms. The molecule has 2 heteroatoms. The summed E-state index contributed by atoms with van der Waals surface area (Å²) in [7, 11) is 1.66. The summed E-state index contributed by atoms with van der Waals surface area (Å²) in [5, 5.41) is 2.07. The summed E-state index contributed by atoms with van der Waals surface area (Å²) < 4.78 is 10.8. The minimum Gasteiger partial charge on any atom is -0.492 e. The van der Waals surface area contributed by atoms with Gasteiger partial charge < -0.3 is 9.47 Å². The molecule has 2 aromatic rings. The van der Waals surface area contributed by atoms with E-state index in [0.29, 0.717) is 6.61 Å². The van der Waals surface area contributed by atoms with Gasteiger partial charge in [0.05, 0.1) is 13.7 Å². The van der Waals surface area contributed by atoms with Gasteiger partial charge >= 0.3 is 0 Å². The van der Waals surface area contributed by atoms with E-state index in [1.165, 1.54) is 0 Å². The van der Waals surface area contributed by atoms with Crippen LogP contribution in [0.25, 0.3) is 10.8 Å². The highest BCUT2D eigenvalue weighted by Crippen LogP contribution is 2.34. The van der Waals surface area contributed by atoms with Gasteiger partial charge in [-0.15, -0.1) is 0 Å². The summed E-state index contributed by atoms with van der Waals surface area (Å²) in [5.41, 5.74) is 0. The van der Waals surface area contributed by atoms with Crippen molar-refractivity contribution in [2.45, 2.75) is 6.92 Å². The fourth-order valence-electron chi connectivity index (χ4n) is 1.62. The molecule has 0 aliphatic rings. The zero-order valence-electron chi connectivity index (χ0n) is 8.91. The number of hydrogen-bond donors (Lipinski definition) is 0. The maximum Gasteiger partial charge on any atom is 0.168 e. The lowest BCUT2D eigenvalue weighted by Gasteiger charge is -2.11. The van der Waals surface area contributed by atoms with Crippen LogP contribution in [-0.2, 0) is 0 Å². The van der Waals surface area contributed by atoms with Crippen LogP contribution in [0.15, 0.2) is 30.3 Å². The Balaban J connectivity index is 2.64. The molecule has 0 spiro atoms. The molecule has 0 aliphatic carbocycles. The third kappa shape index (κ3) is 1.75. The van der Waals surface area contributed by atoms with E-state index in [0.717, 1.165) is 22.3 Å². The molecule has 0 unspecified atom stereocenters. The first kappa shape index (κ1) is 9.84. The van der Waals surface area contributed by atoms with Gasteiger partial charge in [0.15, 0.2) is 11.5 Å². The van der Waals surface area contributed by atoms with E-state index in [9.17, 15) is 0 Å². The SMILES string of the molecule is CCOc1c[c]c2ccccc2c1OC. The van der Waals surface area contributed by atoms with E-state index in [1.807, 2.05) is 37.3 Å². The average molecular weight is 201 g/mol. The third-order valence-corrected chi connectivity index (χ3v) is 2.26. The maximum atomic E-state index is 5.48. The van der Waals surface area contributed by atoms with Crippen LogP contribution in [0.3, 0.4) is 0 Å². The quantitative estimate of drug-likeness (QED) is 0.759. The van der Waals surface area contributed by atoms with Crippen molar-refractivity contribution in [2.24, 2.45) is 0 Å². The maximum absolute atomic E-state index is 5.48. The van der Waals surface area contributed by atoms with Crippen molar-refractivity contribution in [3.8, 4) is 11.5 Å². The first-order valence-electron chi connectivity index (χ1n) is 4.97. The van der Waals surface area contributed by atoms with Gasteiger partial charge in [-0.05, 0) is 24.4 Å². The predicted octanol–water partition coefficient (Wildman–Crippen LogP) is 3.05. The Morgan fingerprint density at radius 3 is 2.80 bits per heavy atom. The second-order valence-corrected chi connectivity index (χ2v) is 3.16. The smallest absolute Gasteiger partial charge is 0.168 e. The molecule has 0 saturated carbocycles. The fourth-order valence-corrected chi connectivity index (χ4v) is 1.62. The van der Waals surface area contributed by atoms with Crippen LogP contribution in [0, 0.1) is 6.07 Å². The number of methoxy groups -OCH3 is 1. The Kier molecular flexibility index (Phi) is 2.77. The molecule has 0 aromatic heterocycles. The second-order valence-electron chi connectivity index (χ2n) is 3.16. The topological polar surface area (TPSA) is 18.5 Å². The highest BCUT2D eigenvalue weighted by Gasteiger charge is 2.08. The van der Waals surface area contributed by atoms with Crippen LogP contribution >= 0.6 is 0 Å². The lowest BCUT2D eigenvalue weighted by atomic mass is 10.1. The van der Waals surface area contributed by atoms with E-state index >= 15 is 0 Å². The lowest BCUT2D eigenvalue weighted by Crippen LogP contribution is -1.95. The molecule has 2 rings (SSSR count). The summed E-state index contributed by atoms with van der Waals surface area (Å²) in [4.78, 5) is 0. The third-order valence-electron chi connectivity index (χ3n) is 2.26.